The highest BCUT2D eigenvalue weighted by Gasteiger charge is 2.12. The molecule has 0 saturated carbocycles. The highest BCUT2D eigenvalue weighted by atomic mass is 16.2. The van der Waals surface area contributed by atoms with Gasteiger partial charge in [0.25, 0.3) is 5.91 Å². The number of hydrazine groups is 1. The first-order valence-electron chi connectivity index (χ1n) is 6.96. The average molecular weight is 282 g/mol. The molecule has 0 spiro atoms. The molecule has 2 aromatic carbocycles. The van der Waals surface area contributed by atoms with Crippen molar-refractivity contribution in [2.75, 3.05) is 0 Å². The lowest BCUT2D eigenvalue weighted by Crippen LogP contribution is -2.41. The molecule has 0 bridgehead atoms. The maximum absolute atomic E-state index is 12.2. The molecule has 0 aliphatic rings. The second-order valence-corrected chi connectivity index (χ2v) is 4.66. The van der Waals surface area contributed by atoms with Crippen LogP contribution in [0, 0.1) is 0 Å². The summed E-state index contributed by atoms with van der Waals surface area (Å²) in [4.78, 5) is 23.6. The zero-order chi connectivity index (χ0) is 15.1. The number of carbonyl (C=O) groups excluding carboxylic acids is 2. The molecule has 0 radical (unpaired) electrons. The van der Waals surface area contributed by atoms with E-state index in [1.165, 1.54) is 0 Å². The number of rotatable bonds is 4. The summed E-state index contributed by atoms with van der Waals surface area (Å²) in [6, 6.07) is 17.0. The van der Waals surface area contributed by atoms with E-state index in [4.69, 9.17) is 0 Å². The van der Waals surface area contributed by atoms with Crippen LogP contribution in [0.15, 0.2) is 54.6 Å². The lowest BCUT2D eigenvalue weighted by Gasteiger charge is -2.11. The Hall–Kier alpha value is -2.62. The van der Waals surface area contributed by atoms with E-state index in [1.807, 2.05) is 49.4 Å². The number of benzene rings is 2. The molecule has 0 unspecified atom stereocenters. The highest BCUT2D eigenvalue weighted by molar-refractivity contribution is 6.01. The lowest BCUT2D eigenvalue weighted by atomic mass is 9.99. The Kier molecular flexibility index (Phi) is 5.10. The average Bonchev–Trinajstić information content (AvgIpc) is 2.54. The quantitative estimate of drug-likeness (QED) is 0.847. The Labute approximate surface area is 124 Å². The first-order chi connectivity index (χ1) is 10.2. The fourth-order valence-electron chi connectivity index (χ4n) is 2.03. The zero-order valence-corrected chi connectivity index (χ0v) is 11.9. The first-order valence-corrected chi connectivity index (χ1v) is 6.96. The molecule has 2 N–H and O–H groups in total. The largest absolute Gasteiger partial charge is 0.273 e. The summed E-state index contributed by atoms with van der Waals surface area (Å²) in [5, 5.41) is 0. The summed E-state index contributed by atoms with van der Waals surface area (Å²) in [6.45, 7) is 1.91. The van der Waals surface area contributed by atoms with E-state index in [0.717, 1.165) is 17.5 Å². The molecule has 0 fully saturated rings. The molecule has 0 heterocycles. The molecule has 0 aromatic heterocycles. The van der Waals surface area contributed by atoms with Crippen LogP contribution < -0.4 is 10.9 Å². The van der Waals surface area contributed by atoms with Crippen LogP contribution in [0.25, 0.3) is 11.1 Å². The van der Waals surface area contributed by atoms with Gasteiger partial charge in [0.1, 0.15) is 0 Å². The normalized spacial score (nSPS) is 9.95. The third-order valence-electron chi connectivity index (χ3n) is 3.05. The topological polar surface area (TPSA) is 58.2 Å². The minimum Gasteiger partial charge on any atom is -0.273 e. The Balaban J connectivity index is 2.17. The van der Waals surface area contributed by atoms with Gasteiger partial charge in [0.2, 0.25) is 5.91 Å². The van der Waals surface area contributed by atoms with Gasteiger partial charge in [0.05, 0.1) is 0 Å². The Morgan fingerprint density at radius 3 is 2.29 bits per heavy atom. The van der Waals surface area contributed by atoms with Crippen LogP contribution in [0.5, 0.6) is 0 Å². The minimum atomic E-state index is -0.320. The van der Waals surface area contributed by atoms with Crippen LogP contribution >= 0.6 is 0 Å². The minimum absolute atomic E-state index is 0.192. The number of nitrogens with one attached hydrogen (secondary N) is 2. The molecule has 4 nitrogen and oxygen atoms in total. The monoisotopic (exact) mass is 282 g/mol. The predicted molar refractivity (Wildman–Crippen MR) is 82.4 cm³/mol. The third kappa shape index (κ3) is 3.92. The van der Waals surface area contributed by atoms with Crippen molar-refractivity contribution >= 4 is 11.8 Å². The fourth-order valence-corrected chi connectivity index (χ4v) is 2.03. The molecule has 0 aliphatic carbocycles. The molecule has 0 atom stereocenters. The summed E-state index contributed by atoms with van der Waals surface area (Å²) in [6.07, 6.45) is 1.13. The van der Waals surface area contributed by atoms with Gasteiger partial charge in [-0.1, -0.05) is 55.5 Å². The van der Waals surface area contributed by atoms with Gasteiger partial charge in [-0.05, 0) is 23.6 Å². The molecule has 108 valence electrons. The summed E-state index contributed by atoms with van der Waals surface area (Å²) in [5.41, 5.74) is 7.20. The van der Waals surface area contributed by atoms with Crippen molar-refractivity contribution in [3.05, 3.63) is 60.2 Å². The molecular weight excluding hydrogens is 264 g/mol. The van der Waals surface area contributed by atoms with E-state index in [-0.39, 0.29) is 11.8 Å². The van der Waals surface area contributed by atoms with Crippen molar-refractivity contribution in [3.63, 3.8) is 0 Å². The standard InChI is InChI=1S/C17H18N2O2/c1-2-8-16(20)18-19-17(21)15-12-7-6-11-14(15)13-9-4-3-5-10-13/h3-7,9-12H,2,8H2,1H3,(H,18,20)(H,19,21). The van der Waals surface area contributed by atoms with Gasteiger partial charge in [0.15, 0.2) is 0 Å². The predicted octanol–water partition coefficient (Wildman–Crippen LogP) is 2.91. The van der Waals surface area contributed by atoms with Crippen LogP contribution in [0.1, 0.15) is 30.1 Å². The smallest absolute Gasteiger partial charge is 0.270 e. The van der Waals surface area contributed by atoms with Gasteiger partial charge < -0.3 is 0 Å². The molecule has 2 rings (SSSR count). The lowest BCUT2D eigenvalue weighted by molar-refractivity contribution is -0.121. The van der Waals surface area contributed by atoms with Crippen LogP contribution in [0.4, 0.5) is 0 Å². The third-order valence-corrected chi connectivity index (χ3v) is 3.05. The molecule has 21 heavy (non-hydrogen) atoms. The molecule has 2 amide bonds. The van der Waals surface area contributed by atoms with Crippen LogP contribution in [0.2, 0.25) is 0 Å². The molecule has 2 aromatic rings. The van der Waals surface area contributed by atoms with Crippen LogP contribution in [0.3, 0.4) is 0 Å². The Bertz CT molecular complexity index is 624. The highest BCUT2D eigenvalue weighted by Crippen LogP contribution is 2.23. The van der Waals surface area contributed by atoms with Crippen molar-refractivity contribution in [1.29, 1.82) is 0 Å². The number of hydrogen-bond donors (Lipinski definition) is 2. The first kappa shape index (κ1) is 14.8. The zero-order valence-electron chi connectivity index (χ0n) is 11.9. The van der Waals surface area contributed by atoms with Crippen molar-refractivity contribution < 1.29 is 9.59 Å². The van der Waals surface area contributed by atoms with Crippen molar-refractivity contribution in [1.82, 2.24) is 10.9 Å². The van der Waals surface area contributed by atoms with E-state index < -0.39 is 0 Å². The number of amides is 2. The maximum Gasteiger partial charge on any atom is 0.270 e. The Morgan fingerprint density at radius 1 is 0.905 bits per heavy atom. The summed E-state index contributed by atoms with van der Waals surface area (Å²) < 4.78 is 0. The van der Waals surface area contributed by atoms with Gasteiger partial charge in [-0.25, -0.2) is 0 Å². The van der Waals surface area contributed by atoms with Crippen molar-refractivity contribution in [2.24, 2.45) is 0 Å². The van der Waals surface area contributed by atoms with Crippen molar-refractivity contribution in [3.8, 4) is 11.1 Å². The SMILES string of the molecule is CCCC(=O)NNC(=O)c1ccccc1-c1ccccc1. The second kappa shape index (κ2) is 7.24. The van der Waals surface area contributed by atoms with E-state index in [0.29, 0.717) is 12.0 Å². The van der Waals surface area contributed by atoms with Crippen molar-refractivity contribution in [2.45, 2.75) is 19.8 Å². The second-order valence-electron chi connectivity index (χ2n) is 4.66. The van der Waals surface area contributed by atoms with E-state index >= 15 is 0 Å². The fraction of sp³-hybridized carbons (Fsp3) is 0.176. The number of carbonyl (C=O) groups is 2. The van der Waals surface area contributed by atoms with E-state index in [1.54, 1.807) is 12.1 Å². The molecule has 4 heteroatoms. The molecule has 0 saturated heterocycles. The van der Waals surface area contributed by atoms with Gasteiger partial charge in [-0.2, -0.15) is 0 Å². The molecule has 0 aliphatic heterocycles. The summed E-state index contributed by atoms with van der Waals surface area (Å²) >= 11 is 0. The number of hydrogen-bond acceptors (Lipinski definition) is 2. The van der Waals surface area contributed by atoms with Gasteiger partial charge in [0, 0.05) is 12.0 Å². The van der Waals surface area contributed by atoms with E-state index in [2.05, 4.69) is 10.9 Å². The van der Waals surface area contributed by atoms with Gasteiger partial charge in [-0.3, -0.25) is 20.4 Å². The van der Waals surface area contributed by atoms with Gasteiger partial charge in [-0.15, -0.1) is 0 Å². The Morgan fingerprint density at radius 2 is 1.57 bits per heavy atom. The van der Waals surface area contributed by atoms with Crippen LogP contribution in [-0.2, 0) is 4.79 Å². The summed E-state index contributed by atoms with van der Waals surface area (Å²) in [7, 11) is 0. The van der Waals surface area contributed by atoms with E-state index in [9.17, 15) is 9.59 Å². The maximum atomic E-state index is 12.2. The van der Waals surface area contributed by atoms with Gasteiger partial charge >= 0.3 is 0 Å². The molecular formula is C17H18N2O2. The van der Waals surface area contributed by atoms with Crippen LogP contribution in [-0.4, -0.2) is 11.8 Å². The summed E-state index contributed by atoms with van der Waals surface area (Å²) in [5.74, 6) is -0.512.